The van der Waals surface area contributed by atoms with Crippen LogP contribution in [0.15, 0.2) is 36.4 Å². The summed E-state index contributed by atoms with van der Waals surface area (Å²) in [6, 6.07) is 13.1. The van der Waals surface area contributed by atoms with Gasteiger partial charge in [-0.25, -0.2) is 0 Å². The third kappa shape index (κ3) is 2.52. The predicted molar refractivity (Wildman–Crippen MR) is 79.0 cm³/mol. The van der Waals surface area contributed by atoms with Gasteiger partial charge in [-0.05, 0) is 22.4 Å². The van der Waals surface area contributed by atoms with Crippen molar-refractivity contribution < 1.29 is 4.79 Å². The van der Waals surface area contributed by atoms with Crippen LogP contribution in [-0.2, 0) is 0 Å². The Morgan fingerprint density at radius 3 is 2.65 bits per heavy atom. The van der Waals surface area contributed by atoms with Crippen molar-refractivity contribution in [1.29, 1.82) is 10.7 Å². The summed E-state index contributed by atoms with van der Waals surface area (Å²) in [5.41, 5.74) is 1.39. The number of fused-ring (bicyclic) bond motifs is 1. The van der Waals surface area contributed by atoms with E-state index in [1.165, 1.54) is 6.21 Å². The van der Waals surface area contributed by atoms with Gasteiger partial charge < -0.3 is 10.3 Å². The molecule has 0 heterocycles. The maximum absolute atomic E-state index is 12.4. The molecule has 0 unspecified atom stereocenters. The molecule has 0 atom stereocenters. The average molecular weight is 265 g/mol. The number of rotatable bonds is 4. The van der Waals surface area contributed by atoms with Gasteiger partial charge in [-0.15, -0.1) is 0 Å². The Morgan fingerprint density at radius 2 is 2.00 bits per heavy atom. The van der Waals surface area contributed by atoms with Crippen LogP contribution in [0.5, 0.6) is 0 Å². The molecule has 0 aliphatic heterocycles. The van der Waals surface area contributed by atoms with Crippen molar-refractivity contribution in [2.24, 2.45) is 0 Å². The highest BCUT2D eigenvalue weighted by Gasteiger charge is 2.15. The maximum atomic E-state index is 12.4. The Hall–Kier alpha value is -2.67. The molecule has 4 heteroatoms. The maximum Gasteiger partial charge on any atom is 0.254 e. The van der Waals surface area contributed by atoms with Crippen molar-refractivity contribution >= 4 is 22.9 Å². The second kappa shape index (κ2) is 5.98. The molecule has 4 nitrogen and oxygen atoms in total. The normalized spacial score (nSPS) is 10.0. The lowest BCUT2D eigenvalue weighted by Crippen LogP contribution is -2.27. The zero-order valence-corrected chi connectivity index (χ0v) is 11.3. The van der Waals surface area contributed by atoms with Crippen LogP contribution in [0.2, 0.25) is 0 Å². The van der Waals surface area contributed by atoms with E-state index in [0.29, 0.717) is 18.5 Å². The number of amides is 1. The van der Waals surface area contributed by atoms with Gasteiger partial charge in [0.05, 0.1) is 12.5 Å². The van der Waals surface area contributed by atoms with E-state index in [-0.39, 0.29) is 5.91 Å². The van der Waals surface area contributed by atoms with E-state index in [1.54, 1.807) is 24.1 Å². The van der Waals surface area contributed by atoms with Crippen LogP contribution in [-0.4, -0.2) is 30.6 Å². The first kappa shape index (κ1) is 13.8. The lowest BCUT2D eigenvalue weighted by Gasteiger charge is -2.17. The van der Waals surface area contributed by atoms with E-state index >= 15 is 0 Å². The number of hydrogen-bond donors (Lipinski definition) is 1. The SMILES string of the molecule is CN(CCC#N)C(=O)c1ccc(C=N)c2ccccc12. The second-order valence-electron chi connectivity index (χ2n) is 4.53. The highest BCUT2D eigenvalue weighted by molar-refractivity contribution is 6.11. The molecule has 20 heavy (non-hydrogen) atoms. The van der Waals surface area contributed by atoms with E-state index in [4.69, 9.17) is 10.7 Å². The zero-order valence-electron chi connectivity index (χ0n) is 11.3. The van der Waals surface area contributed by atoms with Crippen LogP contribution in [0.25, 0.3) is 10.8 Å². The molecule has 0 radical (unpaired) electrons. The third-order valence-electron chi connectivity index (χ3n) is 3.25. The Morgan fingerprint density at radius 1 is 1.30 bits per heavy atom. The highest BCUT2D eigenvalue weighted by Crippen LogP contribution is 2.23. The van der Waals surface area contributed by atoms with Crippen LogP contribution in [0.1, 0.15) is 22.3 Å². The second-order valence-corrected chi connectivity index (χ2v) is 4.53. The van der Waals surface area contributed by atoms with Gasteiger partial charge in [0, 0.05) is 25.4 Å². The minimum atomic E-state index is -0.104. The van der Waals surface area contributed by atoms with Gasteiger partial charge in [0.1, 0.15) is 0 Å². The molecule has 0 aromatic heterocycles. The molecule has 2 aromatic rings. The van der Waals surface area contributed by atoms with Crippen molar-refractivity contribution in [1.82, 2.24) is 4.90 Å². The molecule has 2 rings (SSSR count). The van der Waals surface area contributed by atoms with Crippen molar-refractivity contribution in [3.63, 3.8) is 0 Å². The molecule has 0 saturated carbocycles. The predicted octanol–water partition coefficient (Wildman–Crippen LogP) is 2.82. The molecule has 2 aromatic carbocycles. The summed E-state index contributed by atoms with van der Waals surface area (Å²) in [7, 11) is 1.69. The summed E-state index contributed by atoms with van der Waals surface area (Å²) >= 11 is 0. The average Bonchev–Trinajstić information content (AvgIpc) is 2.50. The van der Waals surface area contributed by atoms with Crippen molar-refractivity contribution in [3.8, 4) is 6.07 Å². The van der Waals surface area contributed by atoms with E-state index in [0.717, 1.165) is 16.3 Å². The van der Waals surface area contributed by atoms with E-state index in [1.807, 2.05) is 30.3 Å². The van der Waals surface area contributed by atoms with Crippen molar-refractivity contribution in [3.05, 3.63) is 47.5 Å². The summed E-state index contributed by atoms with van der Waals surface area (Å²) < 4.78 is 0. The minimum absolute atomic E-state index is 0.104. The Bertz CT molecular complexity index is 700. The summed E-state index contributed by atoms with van der Waals surface area (Å²) in [5, 5.41) is 17.7. The quantitative estimate of drug-likeness (QED) is 0.864. The van der Waals surface area contributed by atoms with Crippen LogP contribution in [0.3, 0.4) is 0 Å². The lowest BCUT2D eigenvalue weighted by atomic mass is 9.99. The number of benzene rings is 2. The number of nitrogens with one attached hydrogen (secondary N) is 1. The van der Waals surface area contributed by atoms with Crippen molar-refractivity contribution in [2.45, 2.75) is 6.42 Å². The number of nitrogens with zero attached hydrogens (tertiary/aromatic N) is 2. The number of carbonyl (C=O) groups is 1. The first-order chi connectivity index (χ1) is 9.69. The van der Waals surface area contributed by atoms with Crippen molar-refractivity contribution in [2.75, 3.05) is 13.6 Å². The standard InChI is InChI=1S/C16H15N3O/c1-19(10-4-9-17)16(20)15-8-7-12(11-18)13-5-2-3-6-14(13)15/h2-3,5-8,11,18H,4,10H2,1H3. The van der Waals surface area contributed by atoms with Gasteiger partial charge in [-0.2, -0.15) is 5.26 Å². The van der Waals surface area contributed by atoms with Crippen LogP contribution < -0.4 is 0 Å². The molecule has 0 fully saturated rings. The summed E-state index contributed by atoms with van der Waals surface area (Å²) in [4.78, 5) is 14.0. The minimum Gasteiger partial charge on any atom is -0.341 e. The van der Waals surface area contributed by atoms with E-state index < -0.39 is 0 Å². The number of hydrogen-bond acceptors (Lipinski definition) is 3. The molecule has 1 amide bonds. The van der Waals surface area contributed by atoms with Gasteiger partial charge in [-0.1, -0.05) is 30.3 Å². The topological polar surface area (TPSA) is 68.0 Å². The molecular formula is C16H15N3O. The highest BCUT2D eigenvalue weighted by atomic mass is 16.2. The Balaban J connectivity index is 2.48. The molecule has 0 aliphatic carbocycles. The van der Waals surface area contributed by atoms with Crippen LogP contribution in [0.4, 0.5) is 0 Å². The summed E-state index contributed by atoms with van der Waals surface area (Å²) in [6.45, 7) is 0.413. The Labute approximate surface area is 117 Å². The number of carbonyl (C=O) groups excluding carboxylic acids is 1. The fourth-order valence-corrected chi connectivity index (χ4v) is 2.16. The lowest BCUT2D eigenvalue weighted by molar-refractivity contribution is 0.0800. The molecule has 0 bridgehead atoms. The van der Waals surface area contributed by atoms with Crippen LogP contribution in [0, 0.1) is 16.7 Å². The van der Waals surface area contributed by atoms with E-state index in [2.05, 4.69) is 0 Å². The molecule has 1 N–H and O–H groups in total. The fraction of sp³-hybridized carbons (Fsp3) is 0.188. The first-order valence-corrected chi connectivity index (χ1v) is 6.33. The fourth-order valence-electron chi connectivity index (χ4n) is 2.16. The number of nitriles is 1. The Kier molecular flexibility index (Phi) is 4.11. The monoisotopic (exact) mass is 265 g/mol. The largest absolute Gasteiger partial charge is 0.341 e. The summed E-state index contributed by atoms with van der Waals surface area (Å²) in [6.07, 6.45) is 1.61. The molecule has 100 valence electrons. The van der Waals surface area contributed by atoms with E-state index in [9.17, 15) is 4.79 Å². The summed E-state index contributed by atoms with van der Waals surface area (Å²) in [5.74, 6) is -0.104. The molecule has 0 aliphatic rings. The van der Waals surface area contributed by atoms with Gasteiger partial charge in [0.15, 0.2) is 0 Å². The molecule has 0 saturated heterocycles. The molecule has 0 spiro atoms. The van der Waals surface area contributed by atoms with Crippen LogP contribution >= 0.6 is 0 Å². The zero-order chi connectivity index (χ0) is 14.5. The van der Waals surface area contributed by atoms with Gasteiger partial charge in [0.2, 0.25) is 0 Å². The van der Waals surface area contributed by atoms with Gasteiger partial charge in [0.25, 0.3) is 5.91 Å². The smallest absolute Gasteiger partial charge is 0.254 e. The molecular weight excluding hydrogens is 250 g/mol. The van der Waals surface area contributed by atoms with Gasteiger partial charge in [-0.3, -0.25) is 4.79 Å². The third-order valence-corrected chi connectivity index (χ3v) is 3.25. The van der Waals surface area contributed by atoms with Gasteiger partial charge >= 0.3 is 0 Å². The first-order valence-electron chi connectivity index (χ1n) is 6.33.